The van der Waals surface area contributed by atoms with Crippen LogP contribution in [0.2, 0.25) is 0 Å². The van der Waals surface area contributed by atoms with Crippen LogP contribution in [0, 0.1) is 0 Å². The highest BCUT2D eigenvalue weighted by atomic mass is 32.1. The van der Waals surface area contributed by atoms with Crippen LogP contribution in [0.5, 0.6) is 0 Å². The molecule has 1 unspecified atom stereocenters. The molecule has 2 heterocycles. The molecule has 2 rings (SSSR count). The Morgan fingerprint density at radius 3 is 2.68 bits per heavy atom. The summed E-state index contributed by atoms with van der Waals surface area (Å²) in [6.07, 6.45) is 5.57. The molecule has 0 radical (unpaired) electrons. The van der Waals surface area contributed by atoms with Crippen molar-refractivity contribution in [3.8, 4) is 0 Å². The van der Waals surface area contributed by atoms with Crippen LogP contribution >= 0.6 is 11.3 Å². The van der Waals surface area contributed by atoms with Crippen LogP contribution < -0.4 is 10.6 Å². The van der Waals surface area contributed by atoms with Crippen molar-refractivity contribution in [2.24, 2.45) is 5.73 Å². The first-order valence-corrected chi connectivity index (χ1v) is 7.37. The monoisotopic (exact) mass is 276 g/mol. The molecule has 0 aliphatic heterocycles. The smallest absolute Gasteiger partial charge is 0.225 e. The van der Waals surface area contributed by atoms with Crippen LogP contribution in [0.4, 0.5) is 5.95 Å². The van der Waals surface area contributed by atoms with Gasteiger partial charge in [0.25, 0.3) is 0 Å². The Morgan fingerprint density at radius 2 is 2.11 bits per heavy atom. The van der Waals surface area contributed by atoms with Crippen LogP contribution in [-0.4, -0.2) is 23.1 Å². The second-order valence-electron chi connectivity index (χ2n) is 4.70. The Morgan fingerprint density at radius 1 is 1.37 bits per heavy atom. The number of rotatable bonds is 6. The minimum absolute atomic E-state index is 0.193. The van der Waals surface area contributed by atoms with Gasteiger partial charge in [-0.3, -0.25) is 0 Å². The van der Waals surface area contributed by atoms with Gasteiger partial charge in [0.1, 0.15) is 0 Å². The molecule has 1 atom stereocenters. The summed E-state index contributed by atoms with van der Waals surface area (Å²) in [5, 5.41) is 2.08. The van der Waals surface area contributed by atoms with Gasteiger partial charge in [0.2, 0.25) is 5.95 Å². The van der Waals surface area contributed by atoms with Crippen LogP contribution in [0.25, 0.3) is 0 Å². The van der Waals surface area contributed by atoms with E-state index in [1.807, 2.05) is 19.4 Å². The predicted molar refractivity (Wildman–Crippen MR) is 80.4 cm³/mol. The molecule has 0 bridgehead atoms. The number of thiophene rings is 1. The highest BCUT2D eigenvalue weighted by molar-refractivity contribution is 7.09. The zero-order valence-corrected chi connectivity index (χ0v) is 12.2. The van der Waals surface area contributed by atoms with E-state index in [-0.39, 0.29) is 6.04 Å². The molecule has 0 spiro atoms. The maximum absolute atomic E-state index is 5.93. The SMILES string of the molecule is CCC(N)Cc1cnc(N(C)Cc2cccs2)nc1. The third-order valence-corrected chi connectivity index (χ3v) is 3.89. The Balaban J connectivity index is 1.97. The standard InChI is InChI=1S/C14H20N4S/c1-3-12(15)7-11-8-16-14(17-9-11)18(2)10-13-5-4-6-19-13/h4-6,8-9,12H,3,7,10,15H2,1-2H3. The average Bonchev–Trinajstić information content (AvgIpc) is 2.92. The van der Waals surface area contributed by atoms with E-state index in [2.05, 4.69) is 39.3 Å². The molecule has 19 heavy (non-hydrogen) atoms. The summed E-state index contributed by atoms with van der Waals surface area (Å²) in [6, 6.07) is 4.37. The first kappa shape index (κ1) is 14.0. The van der Waals surface area contributed by atoms with E-state index < -0.39 is 0 Å². The minimum Gasteiger partial charge on any atom is -0.339 e. The number of aromatic nitrogens is 2. The second kappa shape index (κ2) is 6.63. The number of hydrogen-bond donors (Lipinski definition) is 1. The van der Waals surface area contributed by atoms with Crippen LogP contribution in [-0.2, 0) is 13.0 Å². The zero-order chi connectivity index (χ0) is 13.7. The van der Waals surface area contributed by atoms with Crippen LogP contribution in [0.15, 0.2) is 29.9 Å². The third-order valence-electron chi connectivity index (χ3n) is 3.03. The van der Waals surface area contributed by atoms with Crippen molar-refractivity contribution < 1.29 is 0 Å². The fourth-order valence-electron chi connectivity index (χ4n) is 1.80. The van der Waals surface area contributed by atoms with Crippen molar-refractivity contribution in [1.29, 1.82) is 0 Å². The molecule has 0 saturated carbocycles. The van der Waals surface area contributed by atoms with Gasteiger partial charge in [-0.25, -0.2) is 9.97 Å². The summed E-state index contributed by atoms with van der Waals surface area (Å²) < 4.78 is 0. The quantitative estimate of drug-likeness (QED) is 0.880. The van der Waals surface area contributed by atoms with Crippen molar-refractivity contribution in [2.75, 3.05) is 11.9 Å². The first-order valence-electron chi connectivity index (χ1n) is 6.49. The number of nitrogens with two attached hydrogens (primary N) is 1. The average molecular weight is 276 g/mol. The summed E-state index contributed by atoms with van der Waals surface area (Å²) in [5.74, 6) is 0.752. The molecule has 2 aromatic rings. The molecule has 4 nitrogen and oxygen atoms in total. The highest BCUT2D eigenvalue weighted by Crippen LogP contribution is 2.14. The fourth-order valence-corrected chi connectivity index (χ4v) is 2.56. The Bertz CT molecular complexity index is 481. The zero-order valence-electron chi connectivity index (χ0n) is 11.4. The molecule has 2 N–H and O–H groups in total. The first-order chi connectivity index (χ1) is 9.19. The molecule has 0 fully saturated rings. The largest absolute Gasteiger partial charge is 0.339 e. The summed E-state index contributed by atoms with van der Waals surface area (Å²) in [6.45, 7) is 2.93. The maximum atomic E-state index is 5.93. The lowest BCUT2D eigenvalue weighted by Crippen LogP contribution is -2.22. The Hall–Kier alpha value is -1.46. The van der Waals surface area contributed by atoms with E-state index in [4.69, 9.17) is 5.73 Å². The molecule has 0 saturated heterocycles. The number of anilines is 1. The van der Waals surface area contributed by atoms with Gasteiger partial charge >= 0.3 is 0 Å². The maximum Gasteiger partial charge on any atom is 0.225 e. The van der Waals surface area contributed by atoms with Gasteiger partial charge in [-0.2, -0.15) is 0 Å². The summed E-state index contributed by atoms with van der Waals surface area (Å²) in [5.41, 5.74) is 7.03. The van der Waals surface area contributed by atoms with Crippen molar-refractivity contribution >= 4 is 17.3 Å². The molecule has 0 aromatic carbocycles. The van der Waals surface area contributed by atoms with E-state index in [1.54, 1.807) is 11.3 Å². The van der Waals surface area contributed by atoms with E-state index in [1.165, 1.54) is 4.88 Å². The fraction of sp³-hybridized carbons (Fsp3) is 0.429. The van der Waals surface area contributed by atoms with Crippen molar-refractivity contribution in [1.82, 2.24) is 9.97 Å². The Labute approximate surface area is 118 Å². The van der Waals surface area contributed by atoms with E-state index in [9.17, 15) is 0 Å². The molecule has 0 aliphatic rings. The molecule has 0 aliphatic carbocycles. The van der Waals surface area contributed by atoms with Gasteiger partial charge in [-0.1, -0.05) is 13.0 Å². The van der Waals surface area contributed by atoms with E-state index in [0.717, 1.165) is 30.9 Å². The van der Waals surface area contributed by atoms with Crippen molar-refractivity contribution in [3.63, 3.8) is 0 Å². The summed E-state index contributed by atoms with van der Waals surface area (Å²) >= 11 is 1.75. The van der Waals surface area contributed by atoms with Gasteiger partial charge in [0.15, 0.2) is 0 Å². The van der Waals surface area contributed by atoms with Crippen molar-refractivity contribution in [2.45, 2.75) is 32.4 Å². The van der Waals surface area contributed by atoms with Gasteiger partial charge in [-0.15, -0.1) is 11.3 Å². The van der Waals surface area contributed by atoms with Gasteiger partial charge in [0, 0.05) is 30.4 Å². The van der Waals surface area contributed by atoms with Gasteiger partial charge in [-0.05, 0) is 29.9 Å². The normalized spacial score (nSPS) is 12.4. The molecule has 102 valence electrons. The third kappa shape index (κ3) is 4.01. The second-order valence-corrected chi connectivity index (χ2v) is 5.73. The molecule has 5 heteroatoms. The van der Waals surface area contributed by atoms with Crippen LogP contribution in [0.3, 0.4) is 0 Å². The molecule has 2 aromatic heterocycles. The minimum atomic E-state index is 0.193. The molecular formula is C14H20N4S. The summed E-state index contributed by atoms with van der Waals surface area (Å²) in [4.78, 5) is 12.2. The van der Waals surface area contributed by atoms with Gasteiger partial charge < -0.3 is 10.6 Å². The van der Waals surface area contributed by atoms with Gasteiger partial charge in [0.05, 0.1) is 6.54 Å². The molecule has 0 amide bonds. The van der Waals surface area contributed by atoms with Crippen molar-refractivity contribution in [3.05, 3.63) is 40.3 Å². The predicted octanol–water partition coefficient (Wildman–Crippen LogP) is 2.45. The van der Waals surface area contributed by atoms with E-state index >= 15 is 0 Å². The number of nitrogens with zero attached hydrogens (tertiary/aromatic N) is 3. The lowest BCUT2D eigenvalue weighted by atomic mass is 10.1. The number of hydrogen-bond acceptors (Lipinski definition) is 5. The topological polar surface area (TPSA) is 55.0 Å². The highest BCUT2D eigenvalue weighted by Gasteiger charge is 2.07. The van der Waals surface area contributed by atoms with Crippen LogP contribution in [0.1, 0.15) is 23.8 Å². The Kier molecular flexibility index (Phi) is 4.87. The molecular weight excluding hydrogens is 256 g/mol. The lowest BCUT2D eigenvalue weighted by molar-refractivity contribution is 0.643. The lowest BCUT2D eigenvalue weighted by Gasteiger charge is -2.16. The summed E-state index contributed by atoms with van der Waals surface area (Å²) in [7, 11) is 2.01. The van der Waals surface area contributed by atoms with E-state index in [0.29, 0.717) is 0 Å².